The average molecular weight is 353 g/mol. The molecule has 136 valence electrons. The Morgan fingerprint density at radius 1 is 1.04 bits per heavy atom. The average Bonchev–Trinajstić information content (AvgIpc) is 2.68. The third-order valence-electron chi connectivity index (χ3n) is 4.38. The molecule has 0 spiro atoms. The molecule has 2 heterocycles. The van der Waals surface area contributed by atoms with E-state index in [0.29, 0.717) is 5.69 Å². The maximum atomic E-state index is 12.0. The van der Waals surface area contributed by atoms with Gasteiger partial charge in [-0.3, -0.25) is 14.6 Å². The van der Waals surface area contributed by atoms with Crippen molar-refractivity contribution in [2.45, 2.75) is 6.54 Å². The fourth-order valence-corrected chi connectivity index (χ4v) is 2.77. The van der Waals surface area contributed by atoms with Crippen LogP contribution in [-0.2, 0) is 16.1 Å². The number of anilines is 2. The summed E-state index contributed by atoms with van der Waals surface area (Å²) in [5.41, 5.74) is 2.56. The second kappa shape index (κ2) is 8.44. The van der Waals surface area contributed by atoms with Crippen molar-refractivity contribution in [1.29, 1.82) is 0 Å². The van der Waals surface area contributed by atoms with Gasteiger partial charge in [0.25, 0.3) is 0 Å². The van der Waals surface area contributed by atoms with Crippen molar-refractivity contribution >= 4 is 23.2 Å². The molecule has 7 nitrogen and oxygen atoms in total. The predicted octanol–water partition coefficient (Wildman–Crippen LogP) is 1.09. The fourth-order valence-electron chi connectivity index (χ4n) is 2.77. The fraction of sp³-hybridized carbons (Fsp3) is 0.316. The second-order valence-corrected chi connectivity index (χ2v) is 6.34. The number of nitrogens with zero attached hydrogens (tertiary/aromatic N) is 3. The first-order chi connectivity index (χ1) is 12.6. The zero-order chi connectivity index (χ0) is 18.4. The van der Waals surface area contributed by atoms with Crippen LogP contribution in [0.5, 0.6) is 0 Å². The minimum atomic E-state index is -0.679. The van der Waals surface area contributed by atoms with Gasteiger partial charge in [0.05, 0.1) is 0 Å². The summed E-state index contributed by atoms with van der Waals surface area (Å²) in [5, 5.41) is 5.20. The van der Waals surface area contributed by atoms with Crippen LogP contribution in [0.15, 0.2) is 48.8 Å². The molecule has 1 aliphatic heterocycles. The molecule has 1 fully saturated rings. The summed E-state index contributed by atoms with van der Waals surface area (Å²) in [6.07, 6.45) is 3.30. The normalized spacial score (nSPS) is 14.7. The molecule has 26 heavy (non-hydrogen) atoms. The summed E-state index contributed by atoms with van der Waals surface area (Å²) >= 11 is 0. The van der Waals surface area contributed by atoms with Crippen LogP contribution in [0.1, 0.15) is 5.56 Å². The molecule has 0 bridgehead atoms. The van der Waals surface area contributed by atoms with Crippen LogP contribution < -0.4 is 15.5 Å². The minimum Gasteiger partial charge on any atom is -0.369 e. The first-order valence-corrected chi connectivity index (χ1v) is 8.63. The number of benzene rings is 1. The third-order valence-corrected chi connectivity index (χ3v) is 4.38. The number of nitrogens with one attached hydrogen (secondary N) is 2. The standard InChI is InChI=1S/C19H23N5O2/c1-23-9-11-24(12-10-23)17-6-4-16(5-7-17)22-19(26)18(25)21-14-15-3-2-8-20-13-15/h2-8,13H,9-12,14H2,1H3,(H,21,25)(H,22,26). The van der Waals surface area contributed by atoms with Crippen molar-refractivity contribution in [2.24, 2.45) is 0 Å². The Bertz CT molecular complexity index is 740. The highest BCUT2D eigenvalue weighted by molar-refractivity contribution is 6.39. The molecule has 0 aliphatic carbocycles. The van der Waals surface area contributed by atoms with E-state index in [4.69, 9.17) is 0 Å². The van der Waals surface area contributed by atoms with Crippen molar-refractivity contribution in [3.63, 3.8) is 0 Å². The molecule has 2 N–H and O–H groups in total. The van der Waals surface area contributed by atoms with Crippen LogP contribution in [0.4, 0.5) is 11.4 Å². The van der Waals surface area contributed by atoms with Crippen molar-refractivity contribution in [3.8, 4) is 0 Å². The Kier molecular flexibility index (Phi) is 5.80. The maximum Gasteiger partial charge on any atom is 0.313 e. The van der Waals surface area contributed by atoms with Gasteiger partial charge in [-0.15, -0.1) is 0 Å². The molecule has 1 aliphatic rings. The van der Waals surface area contributed by atoms with Crippen LogP contribution in [0.3, 0.4) is 0 Å². The van der Waals surface area contributed by atoms with E-state index in [0.717, 1.165) is 37.4 Å². The van der Waals surface area contributed by atoms with E-state index in [-0.39, 0.29) is 6.54 Å². The van der Waals surface area contributed by atoms with Crippen molar-refractivity contribution in [2.75, 3.05) is 43.4 Å². The summed E-state index contributed by atoms with van der Waals surface area (Å²) in [5.74, 6) is -1.35. The number of carbonyl (C=O) groups is 2. The first-order valence-electron chi connectivity index (χ1n) is 8.63. The molecule has 3 rings (SSSR count). The lowest BCUT2D eigenvalue weighted by Gasteiger charge is -2.34. The Hall–Kier alpha value is -2.93. The van der Waals surface area contributed by atoms with Gasteiger partial charge in [0.2, 0.25) is 0 Å². The number of rotatable bonds is 4. The summed E-state index contributed by atoms with van der Waals surface area (Å²) in [4.78, 5) is 32.5. The predicted molar refractivity (Wildman–Crippen MR) is 101 cm³/mol. The minimum absolute atomic E-state index is 0.266. The quantitative estimate of drug-likeness (QED) is 0.805. The van der Waals surface area contributed by atoms with E-state index in [1.54, 1.807) is 18.5 Å². The van der Waals surface area contributed by atoms with Gasteiger partial charge in [0, 0.05) is 56.5 Å². The molecule has 0 radical (unpaired) electrons. The lowest BCUT2D eigenvalue weighted by molar-refractivity contribution is -0.136. The summed E-state index contributed by atoms with van der Waals surface area (Å²) in [6.45, 7) is 4.31. The number of hydrogen-bond donors (Lipinski definition) is 2. The molecule has 0 saturated carbocycles. The van der Waals surface area contributed by atoms with Gasteiger partial charge < -0.3 is 20.4 Å². The molecular formula is C19H23N5O2. The van der Waals surface area contributed by atoms with Gasteiger partial charge in [-0.2, -0.15) is 0 Å². The summed E-state index contributed by atoms with van der Waals surface area (Å²) in [7, 11) is 2.12. The summed E-state index contributed by atoms with van der Waals surface area (Å²) in [6, 6.07) is 11.2. The largest absolute Gasteiger partial charge is 0.369 e. The van der Waals surface area contributed by atoms with Crippen LogP contribution in [-0.4, -0.2) is 54.9 Å². The van der Waals surface area contributed by atoms with Crippen molar-refractivity contribution < 1.29 is 9.59 Å². The van der Waals surface area contributed by atoms with E-state index in [1.807, 2.05) is 30.3 Å². The SMILES string of the molecule is CN1CCN(c2ccc(NC(=O)C(=O)NCc3cccnc3)cc2)CC1. The number of hydrogen-bond acceptors (Lipinski definition) is 5. The van der Waals surface area contributed by atoms with Gasteiger partial charge in [-0.1, -0.05) is 6.07 Å². The van der Waals surface area contributed by atoms with E-state index in [9.17, 15) is 9.59 Å². The van der Waals surface area contributed by atoms with E-state index < -0.39 is 11.8 Å². The Labute approximate surface area is 153 Å². The molecule has 2 amide bonds. The van der Waals surface area contributed by atoms with Crippen LogP contribution in [0, 0.1) is 0 Å². The zero-order valence-electron chi connectivity index (χ0n) is 14.8. The number of amides is 2. The van der Waals surface area contributed by atoms with Gasteiger partial charge in [0.15, 0.2) is 0 Å². The maximum absolute atomic E-state index is 12.0. The molecule has 1 aromatic carbocycles. The van der Waals surface area contributed by atoms with E-state index in [1.165, 1.54) is 0 Å². The molecule has 7 heteroatoms. The highest BCUT2D eigenvalue weighted by Gasteiger charge is 2.16. The number of carbonyl (C=O) groups excluding carboxylic acids is 2. The van der Waals surface area contributed by atoms with Gasteiger partial charge in [-0.05, 0) is 42.9 Å². The van der Waals surface area contributed by atoms with Crippen LogP contribution in [0.25, 0.3) is 0 Å². The lowest BCUT2D eigenvalue weighted by Crippen LogP contribution is -2.44. The molecule has 1 saturated heterocycles. The van der Waals surface area contributed by atoms with Crippen LogP contribution in [0.2, 0.25) is 0 Å². The molecule has 0 unspecified atom stereocenters. The van der Waals surface area contributed by atoms with E-state index in [2.05, 4.69) is 32.5 Å². The second-order valence-electron chi connectivity index (χ2n) is 6.34. The number of piperazine rings is 1. The highest BCUT2D eigenvalue weighted by atomic mass is 16.2. The Morgan fingerprint density at radius 2 is 1.77 bits per heavy atom. The first kappa shape index (κ1) is 17.9. The molecule has 2 aromatic rings. The number of pyridine rings is 1. The van der Waals surface area contributed by atoms with Gasteiger partial charge >= 0.3 is 11.8 Å². The molecular weight excluding hydrogens is 330 g/mol. The number of likely N-dealkylation sites (N-methyl/N-ethyl adjacent to an activating group) is 1. The van der Waals surface area contributed by atoms with Crippen LogP contribution >= 0.6 is 0 Å². The smallest absolute Gasteiger partial charge is 0.313 e. The Morgan fingerprint density at radius 3 is 2.42 bits per heavy atom. The summed E-state index contributed by atoms with van der Waals surface area (Å²) < 4.78 is 0. The number of aromatic nitrogens is 1. The third kappa shape index (κ3) is 4.80. The molecule has 1 aromatic heterocycles. The monoisotopic (exact) mass is 353 g/mol. The Balaban J connectivity index is 1.50. The van der Waals surface area contributed by atoms with Crippen molar-refractivity contribution in [3.05, 3.63) is 54.4 Å². The highest BCUT2D eigenvalue weighted by Crippen LogP contribution is 2.19. The topological polar surface area (TPSA) is 77.6 Å². The van der Waals surface area contributed by atoms with E-state index >= 15 is 0 Å². The van der Waals surface area contributed by atoms with Gasteiger partial charge in [-0.25, -0.2) is 0 Å². The van der Waals surface area contributed by atoms with Crippen molar-refractivity contribution in [1.82, 2.24) is 15.2 Å². The lowest BCUT2D eigenvalue weighted by atomic mass is 10.2. The van der Waals surface area contributed by atoms with Gasteiger partial charge in [0.1, 0.15) is 0 Å². The molecule has 0 atom stereocenters. The zero-order valence-corrected chi connectivity index (χ0v) is 14.8.